The third-order valence-electron chi connectivity index (χ3n) is 4.76. The first-order valence-electron chi connectivity index (χ1n) is 8.71. The molecule has 0 spiro atoms. The minimum Gasteiger partial charge on any atom is -0.297 e. The number of carbonyl (C=O) groups excluding carboxylic acids is 2. The summed E-state index contributed by atoms with van der Waals surface area (Å²) in [6, 6.07) is 8.05. The molecule has 0 fully saturated rings. The van der Waals surface area contributed by atoms with Crippen LogP contribution >= 0.6 is 21.4 Å². The largest absolute Gasteiger partial charge is 0.297 e. The van der Waals surface area contributed by atoms with Crippen molar-refractivity contribution >= 4 is 79.1 Å². The van der Waals surface area contributed by atoms with Gasteiger partial charge in [-0.2, -0.15) is 0 Å². The third kappa shape index (κ3) is 3.86. The minimum absolute atomic E-state index is 0.0257. The van der Waals surface area contributed by atoms with Crippen molar-refractivity contribution in [3.63, 3.8) is 0 Å². The number of aliphatic imine (C=N–C) groups is 1. The summed E-state index contributed by atoms with van der Waals surface area (Å²) in [5, 5.41) is 7.73. The first-order chi connectivity index (χ1) is 14.9. The number of ketones is 2. The van der Waals surface area contributed by atoms with Gasteiger partial charge in [-0.3, -0.25) is 15.0 Å². The van der Waals surface area contributed by atoms with E-state index in [1.165, 1.54) is 48.6 Å². The highest BCUT2D eigenvalue weighted by molar-refractivity contribution is 8.21. The molecule has 0 aliphatic heterocycles. The molecule has 0 amide bonds. The van der Waals surface area contributed by atoms with Gasteiger partial charge in [0.15, 0.2) is 0 Å². The SMILES string of the molecule is N=C1C=C(S(=O)(=O)Cl)c2ccc(/N=C3\C=Cc4c(cccc4S(=O)(=O)Cl)C3=O)cc2C1=O. The highest BCUT2D eigenvalue weighted by atomic mass is 35.7. The van der Waals surface area contributed by atoms with Crippen LogP contribution in [0.1, 0.15) is 31.8 Å². The molecular weight excluding hydrogens is 499 g/mol. The summed E-state index contributed by atoms with van der Waals surface area (Å²) in [6.07, 6.45) is 3.59. The number of nitrogens with one attached hydrogen (secondary N) is 1. The average molecular weight is 509 g/mol. The molecule has 32 heavy (non-hydrogen) atoms. The van der Waals surface area contributed by atoms with Gasteiger partial charge < -0.3 is 0 Å². The Hall–Kier alpha value is -2.92. The van der Waals surface area contributed by atoms with E-state index >= 15 is 0 Å². The maximum Gasteiger partial charge on any atom is 0.262 e. The Kier molecular flexibility index (Phi) is 5.29. The quantitative estimate of drug-likeness (QED) is 0.626. The summed E-state index contributed by atoms with van der Waals surface area (Å²) >= 11 is 0. The molecule has 162 valence electrons. The van der Waals surface area contributed by atoms with Crippen LogP contribution in [0.15, 0.2) is 58.4 Å². The number of carbonyl (C=O) groups is 2. The predicted molar refractivity (Wildman–Crippen MR) is 121 cm³/mol. The van der Waals surface area contributed by atoms with Crippen LogP contribution in [0.5, 0.6) is 0 Å². The van der Waals surface area contributed by atoms with E-state index in [-0.39, 0.29) is 43.5 Å². The highest BCUT2D eigenvalue weighted by Gasteiger charge is 2.30. The Morgan fingerprint density at radius 1 is 0.812 bits per heavy atom. The monoisotopic (exact) mass is 508 g/mol. The number of rotatable bonds is 3. The van der Waals surface area contributed by atoms with Crippen LogP contribution in [0, 0.1) is 5.41 Å². The Morgan fingerprint density at radius 2 is 1.53 bits per heavy atom. The number of nitrogens with zero attached hydrogens (tertiary/aromatic N) is 1. The van der Waals surface area contributed by atoms with Gasteiger partial charge in [-0.25, -0.2) is 21.8 Å². The summed E-state index contributed by atoms with van der Waals surface area (Å²) in [5.41, 5.74) is -0.292. The number of benzene rings is 2. The lowest BCUT2D eigenvalue weighted by molar-refractivity contribution is 0.105. The van der Waals surface area contributed by atoms with Crippen molar-refractivity contribution in [3.05, 3.63) is 70.8 Å². The molecule has 4 rings (SSSR count). The zero-order valence-corrected chi connectivity index (χ0v) is 18.8. The Bertz CT molecular complexity index is 1570. The zero-order chi connectivity index (χ0) is 23.4. The van der Waals surface area contributed by atoms with Crippen molar-refractivity contribution in [2.75, 3.05) is 0 Å². The van der Waals surface area contributed by atoms with Gasteiger partial charge >= 0.3 is 0 Å². The van der Waals surface area contributed by atoms with E-state index in [0.29, 0.717) is 0 Å². The maximum absolute atomic E-state index is 12.9. The molecule has 0 atom stereocenters. The van der Waals surface area contributed by atoms with E-state index < -0.39 is 35.4 Å². The lowest BCUT2D eigenvalue weighted by Gasteiger charge is -2.16. The number of halogens is 2. The summed E-state index contributed by atoms with van der Waals surface area (Å²) in [4.78, 5) is 28.9. The van der Waals surface area contributed by atoms with Crippen molar-refractivity contribution in [1.29, 1.82) is 5.41 Å². The summed E-state index contributed by atoms with van der Waals surface area (Å²) in [6.45, 7) is 0. The van der Waals surface area contributed by atoms with Crippen LogP contribution in [-0.2, 0) is 18.1 Å². The van der Waals surface area contributed by atoms with Gasteiger partial charge in [0.2, 0.25) is 11.6 Å². The number of hydrogen-bond donors (Lipinski definition) is 1. The molecule has 0 unspecified atom stereocenters. The molecule has 0 aromatic heterocycles. The van der Waals surface area contributed by atoms with Gasteiger partial charge in [-0.05, 0) is 30.4 Å². The van der Waals surface area contributed by atoms with Gasteiger partial charge in [0.25, 0.3) is 18.1 Å². The van der Waals surface area contributed by atoms with E-state index in [9.17, 15) is 26.4 Å². The van der Waals surface area contributed by atoms with Gasteiger partial charge in [-0.1, -0.05) is 24.3 Å². The first-order valence-corrected chi connectivity index (χ1v) is 13.3. The fourth-order valence-electron chi connectivity index (χ4n) is 3.36. The fourth-order valence-corrected chi connectivity index (χ4v) is 5.52. The molecule has 2 aromatic carbocycles. The van der Waals surface area contributed by atoms with E-state index in [1.54, 1.807) is 0 Å². The predicted octanol–water partition coefficient (Wildman–Crippen LogP) is 3.72. The zero-order valence-electron chi connectivity index (χ0n) is 15.7. The Balaban J connectivity index is 1.80. The molecular formula is C20H10Cl2N2O6S2. The minimum atomic E-state index is -4.21. The Morgan fingerprint density at radius 3 is 2.19 bits per heavy atom. The molecule has 2 aliphatic carbocycles. The summed E-state index contributed by atoms with van der Waals surface area (Å²) < 4.78 is 47.2. The van der Waals surface area contributed by atoms with E-state index in [1.807, 2.05) is 0 Å². The van der Waals surface area contributed by atoms with Crippen molar-refractivity contribution in [2.45, 2.75) is 4.90 Å². The molecule has 0 radical (unpaired) electrons. The van der Waals surface area contributed by atoms with Gasteiger partial charge in [0.05, 0.1) is 15.5 Å². The molecule has 2 aliphatic rings. The number of allylic oxidation sites excluding steroid dienone is 2. The van der Waals surface area contributed by atoms with Crippen molar-refractivity contribution in [2.24, 2.45) is 4.99 Å². The number of fused-ring (bicyclic) bond motifs is 2. The van der Waals surface area contributed by atoms with Crippen LogP contribution < -0.4 is 0 Å². The van der Waals surface area contributed by atoms with Crippen LogP contribution in [0.3, 0.4) is 0 Å². The molecule has 12 heteroatoms. The smallest absolute Gasteiger partial charge is 0.262 e. The second-order valence-corrected chi connectivity index (χ2v) is 11.8. The molecule has 0 bridgehead atoms. The lowest BCUT2D eigenvalue weighted by atomic mass is 9.93. The van der Waals surface area contributed by atoms with Crippen LogP contribution in [-0.4, -0.2) is 39.8 Å². The van der Waals surface area contributed by atoms with Crippen molar-refractivity contribution in [3.8, 4) is 0 Å². The second kappa shape index (κ2) is 7.59. The van der Waals surface area contributed by atoms with Crippen LogP contribution in [0.4, 0.5) is 5.69 Å². The van der Waals surface area contributed by atoms with Crippen LogP contribution in [0.2, 0.25) is 0 Å². The highest BCUT2D eigenvalue weighted by Crippen LogP contribution is 2.34. The summed E-state index contributed by atoms with van der Waals surface area (Å²) in [5.74, 6) is -1.29. The molecule has 0 heterocycles. The van der Waals surface area contributed by atoms with E-state index in [0.717, 1.165) is 6.08 Å². The first kappa shape index (κ1) is 22.3. The summed E-state index contributed by atoms with van der Waals surface area (Å²) in [7, 11) is 2.57. The maximum atomic E-state index is 12.9. The van der Waals surface area contributed by atoms with Gasteiger partial charge in [0, 0.05) is 43.6 Å². The average Bonchev–Trinajstić information content (AvgIpc) is 2.71. The van der Waals surface area contributed by atoms with Crippen molar-refractivity contribution < 1.29 is 26.4 Å². The standard InChI is InChI=1S/C20H10Cl2N2O6S2/c21-31(27,28)17-3-1-2-13-11(17)6-7-16(20(13)26)24-10-4-5-12-14(8-10)19(25)15(23)9-18(12)32(22,29)30/h1-9,23H/b23-15?,24-16+. The molecule has 8 nitrogen and oxygen atoms in total. The molecule has 0 saturated heterocycles. The van der Waals surface area contributed by atoms with Gasteiger partial charge in [0.1, 0.15) is 11.4 Å². The van der Waals surface area contributed by atoms with E-state index in [2.05, 4.69) is 4.99 Å². The lowest BCUT2D eigenvalue weighted by Crippen LogP contribution is -2.20. The molecule has 1 N–H and O–H groups in total. The number of hydrogen-bond acceptors (Lipinski definition) is 8. The molecule has 2 aromatic rings. The number of Topliss-reactive ketones (excluding diaryl/α,β-unsaturated/α-hetero) is 2. The van der Waals surface area contributed by atoms with Crippen LogP contribution in [0.25, 0.3) is 11.0 Å². The molecule has 0 saturated carbocycles. The van der Waals surface area contributed by atoms with Crippen molar-refractivity contribution in [1.82, 2.24) is 0 Å². The van der Waals surface area contributed by atoms with E-state index in [4.69, 9.17) is 26.8 Å². The third-order valence-corrected chi connectivity index (χ3v) is 7.50. The second-order valence-electron chi connectivity index (χ2n) is 6.73. The normalized spacial score (nSPS) is 17.2. The van der Waals surface area contributed by atoms with Gasteiger partial charge in [-0.15, -0.1) is 0 Å². The fraction of sp³-hybridized carbons (Fsp3) is 0. The topological polar surface area (TPSA) is 139 Å². The Labute approximate surface area is 191 Å².